The van der Waals surface area contributed by atoms with Crippen LogP contribution in [0.4, 0.5) is 24.5 Å². The van der Waals surface area contributed by atoms with Crippen LogP contribution in [-0.2, 0) is 6.18 Å². The van der Waals surface area contributed by atoms with E-state index in [9.17, 15) is 22.8 Å². The van der Waals surface area contributed by atoms with Gasteiger partial charge in [-0.1, -0.05) is 0 Å². The van der Waals surface area contributed by atoms with Crippen LogP contribution in [0.5, 0.6) is 0 Å². The minimum atomic E-state index is -4.46. The number of pyridine rings is 1. The van der Waals surface area contributed by atoms with Crippen molar-refractivity contribution in [1.29, 1.82) is 0 Å². The van der Waals surface area contributed by atoms with Crippen LogP contribution in [0.15, 0.2) is 55.0 Å². The van der Waals surface area contributed by atoms with Gasteiger partial charge < -0.3 is 14.8 Å². The van der Waals surface area contributed by atoms with Crippen LogP contribution in [0, 0.1) is 6.92 Å². The third-order valence-electron chi connectivity index (χ3n) is 5.17. The van der Waals surface area contributed by atoms with Crippen LogP contribution in [0.1, 0.15) is 44.9 Å². The Bertz CT molecular complexity index is 1150. The van der Waals surface area contributed by atoms with E-state index in [0.29, 0.717) is 11.4 Å². The zero-order valence-electron chi connectivity index (χ0n) is 16.8. The maximum Gasteiger partial charge on any atom is 0.416 e. The van der Waals surface area contributed by atoms with Gasteiger partial charge in [0.05, 0.1) is 23.0 Å². The van der Waals surface area contributed by atoms with Gasteiger partial charge in [0.15, 0.2) is 0 Å². The Morgan fingerprint density at radius 1 is 1.16 bits per heavy atom. The SMILES string of the molecule is Cc1cncc(NC(=O)c2ccn3c2C(=O)N(c2ccc(C(F)(F)F)cc2)C[C@@H]3C)c1. The lowest BCUT2D eigenvalue weighted by Gasteiger charge is -2.33. The zero-order valence-corrected chi connectivity index (χ0v) is 16.8. The molecular weight excluding hydrogens is 409 g/mol. The van der Waals surface area contributed by atoms with E-state index in [-0.39, 0.29) is 23.8 Å². The highest BCUT2D eigenvalue weighted by atomic mass is 19.4. The second-order valence-corrected chi connectivity index (χ2v) is 7.50. The van der Waals surface area contributed by atoms with Crippen molar-refractivity contribution in [3.8, 4) is 0 Å². The molecule has 0 fully saturated rings. The summed E-state index contributed by atoms with van der Waals surface area (Å²) in [4.78, 5) is 31.5. The van der Waals surface area contributed by atoms with Crippen molar-refractivity contribution in [3.05, 3.63) is 77.4 Å². The fourth-order valence-corrected chi connectivity index (χ4v) is 3.66. The standard InChI is InChI=1S/C22H19F3N4O2/c1-13-9-16(11-26-10-13)27-20(30)18-7-8-28-14(2)12-29(21(31)19(18)28)17-5-3-15(4-6-17)22(23,24)25/h3-11,14H,12H2,1-2H3,(H,27,30)/t14-/m0/s1. The van der Waals surface area contributed by atoms with Gasteiger partial charge in [0, 0.05) is 30.7 Å². The third kappa shape index (κ3) is 3.90. The quantitative estimate of drug-likeness (QED) is 0.659. The molecular formula is C22H19F3N4O2. The number of aryl methyl sites for hydroxylation is 1. The first kappa shape index (κ1) is 20.6. The number of carbonyl (C=O) groups excluding carboxylic acids is 2. The molecule has 1 aliphatic rings. The van der Waals surface area contributed by atoms with Gasteiger partial charge >= 0.3 is 6.18 Å². The molecule has 2 amide bonds. The zero-order chi connectivity index (χ0) is 22.3. The number of alkyl halides is 3. The molecule has 0 saturated heterocycles. The fraction of sp³-hybridized carbons (Fsp3) is 0.227. The van der Waals surface area contributed by atoms with Crippen LogP contribution in [0.2, 0.25) is 0 Å². The smallest absolute Gasteiger partial charge is 0.338 e. The maximum absolute atomic E-state index is 13.2. The van der Waals surface area contributed by atoms with Gasteiger partial charge in [-0.3, -0.25) is 14.6 Å². The van der Waals surface area contributed by atoms with Crippen molar-refractivity contribution in [3.63, 3.8) is 0 Å². The Balaban J connectivity index is 1.65. The lowest BCUT2D eigenvalue weighted by Crippen LogP contribution is -2.43. The average molecular weight is 428 g/mol. The molecule has 0 saturated carbocycles. The lowest BCUT2D eigenvalue weighted by atomic mass is 10.1. The van der Waals surface area contributed by atoms with Crippen molar-refractivity contribution in [2.45, 2.75) is 26.1 Å². The van der Waals surface area contributed by atoms with Gasteiger partial charge in [0.25, 0.3) is 11.8 Å². The monoisotopic (exact) mass is 428 g/mol. The number of nitrogens with zero attached hydrogens (tertiary/aromatic N) is 3. The summed E-state index contributed by atoms with van der Waals surface area (Å²) < 4.78 is 40.3. The minimum Gasteiger partial charge on any atom is -0.338 e. The minimum absolute atomic E-state index is 0.169. The van der Waals surface area contributed by atoms with E-state index in [1.54, 1.807) is 29.1 Å². The lowest BCUT2D eigenvalue weighted by molar-refractivity contribution is -0.137. The molecule has 1 aromatic carbocycles. The Morgan fingerprint density at radius 3 is 2.52 bits per heavy atom. The molecule has 0 bridgehead atoms. The number of amides is 2. The number of benzene rings is 1. The van der Waals surface area contributed by atoms with Crippen molar-refractivity contribution < 1.29 is 22.8 Å². The molecule has 0 aliphatic carbocycles. The van der Waals surface area contributed by atoms with Crippen molar-refractivity contribution in [2.24, 2.45) is 0 Å². The number of hydrogen-bond donors (Lipinski definition) is 1. The van der Waals surface area contributed by atoms with Gasteiger partial charge in [-0.05, 0) is 55.8 Å². The number of halogens is 3. The van der Waals surface area contributed by atoms with E-state index < -0.39 is 23.6 Å². The van der Waals surface area contributed by atoms with E-state index in [4.69, 9.17) is 0 Å². The van der Waals surface area contributed by atoms with E-state index in [2.05, 4.69) is 10.3 Å². The molecule has 3 heterocycles. The summed E-state index contributed by atoms with van der Waals surface area (Å²) in [7, 11) is 0. The molecule has 0 spiro atoms. The topological polar surface area (TPSA) is 67.2 Å². The molecule has 1 aliphatic heterocycles. The van der Waals surface area contributed by atoms with Gasteiger partial charge in [-0.15, -0.1) is 0 Å². The summed E-state index contributed by atoms with van der Waals surface area (Å²) in [5.41, 5.74) is 1.30. The predicted molar refractivity (Wildman–Crippen MR) is 109 cm³/mol. The Hall–Kier alpha value is -3.62. The predicted octanol–water partition coefficient (Wildman–Crippen LogP) is 4.68. The largest absolute Gasteiger partial charge is 0.416 e. The second-order valence-electron chi connectivity index (χ2n) is 7.50. The van der Waals surface area contributed by atoms with E-state index in [1.807, 2.05) is 13.8 Å². The molecule has 6 nitrogen and oxygen atoms in total. The number of hydrogen-bond acceptors (Lipinski definition) is 3. The first-order chi connectivity index (χ1) is 14.6. The van der Waals surface area contributed by atoms with Crippen LogP contribution >= 0.6 is 0 Å². The maximum atomic E-state index is 13.2. The second kappa shape index (κ2) is 7.57. The molecule has 3 aromatic rings. The number of fused-ring (bicyclic) bond motifs is 1. The Labute approximate surface area is 176 Å². The van der Waals surface area contributed by atoms with Crippen LogP contribution in [0.3, 0.4) is 0 Å². The van der Waals surface area contributed by atoms with Crippen LogP contribution < -0.4 is 10.2 Å². The molecule has 9 heteroatoms. The number of aromatic nitrogens is 2. The number of carbonyl (C=O) groups is 2. The van der Waals surface area contributed by atoms with Gasteiger partial charge in [-0.25, -0.2) is 0 Å². The molecule has 160 valence electrons. The van der Waals surface area contributed by atoms with E-state index >= 15 is 0 Å². The third-order valence-corrected chi connectivity index (χ3v) is 5.17. The van der Waals surface area contributed by atoms with Crippen LogP contribution in [0.25, 0.3) is 0 Å². The molecule has 0 unspecified atom stereocenters. The first-order valence-corrected chi connectivity index (χ1v) is 9.58. The molecule has 1 atom stereocenters. The van der Waals surface area contributed by atoms with E-state index in [1.165, 1.54) is 23.2 Å². The highest BCUT2D eigenvalue weighted by Crippen LogP contribution is 2.33. The first-order valence-electron chi connectivity index (χ1n) is 9.58. The average Bonchev–Trinajstić information content (AvgIpc) is 3.16. The normalized spacial score (nSPS) is 16.2. The summed E-state index contributed by atoms with van der Waals surface area (Å²) in [6.45, 7) is 3.99. The Kier molecular flexibility index (Phi) is 5.04. The molecule has 2 aromatic heterocycles. The number of nitrogens with one attached hydrogen (secondary N) is 1. The van der Waals surface area contributed by atoms with Crippen molar-refractivity contribution in [2.75, 3.05) is 16.8 Å². The molecule has 0 radical (unpaired) electrons. The van der Waals surface area contributed by atoms with Gasteiger partial charge in [-0.2, -0.15) is 13.2 Å². The van der Waals surface area contributed by atoms with Crippen molar-refractivity contribution in [1.82, 2.24) is 9.55 Å². The summed E-state index contributed by atoms with van der Waals surface area (Å²) in [5.74, 6) is -0.911. The van der Waals surface area contributed by atoms with Gasteiger partial charge in [0.2, 0.25) is 0 Å². The summed E-state index contributed by atoms with van der Waals surface area (Å²) >= 11 is 0. The molecule has 31 heavy (non-hydrogen) atoms. The number of rotatable bonds is 3. The molecule has 1 N–H and O–H groups in total. The highest BCUT2D eigenvalue weighted by molar-refractivity contribution is 6.16. The summed E-state index contributed by atoms with van der Waals surface area (Å²) in [6.07, 6.45) is 0.378. The highest BCUT2D eigenvalue weighted by Gasteiger charge is 2.35. The summed E-state index contributed by atoms with van der Waals surface area (Å²) in [6, 6.07) is 7.58. The van der Waals surface area contributed by atoms with Gasteiger partial charge in [0.1, 0.15) is 5.69 Å². The fourth-order valence-electron chi connectivity index (χ4n) is 3.66. The Morgan fingerprint density at radius 2 is 1.87 bits per heavy atom. The van der Waals surface area contributed by atoms with Crippen molar-refractivity contribution >= 4 is 23.2 Å². The van der Waals surface area contributed by atoms with Crippen LogP contribution in [-0.4, -0.2) is 27.9 Å². The number of anilines is 2. The molecule has 4 rings (SSSR count). The summed E-state index contributed by atoms with van der Waals surface area (Å²) in [5, 5.41) is 2.74. The van der Waals surface area contributed by atoms with E-state index in [0.717, 1.165) is 17.7 Å².